The van der Waals surface area contributed by atoms with E-state index in [1.165, 1.54) is 0 Å². The van der Waals surface area contributed by atoms with E-state index in [1.54, 1.807) is 18.3 Å². The Labute approximate surface area is 170 Å². The lowest BCUT2D eigenvalue weighted by molar-refractivity contribution is 0.280. The number of hydrogen-bond acceptors (Lipinski definition) is 8. The lowest BCUT2D eigenvalue weighted by Crippen LogP contribution is -2.31. The summed E-state index contributed by atoms with van der Waals surface area (Å²) < 4.78 is 7.20. The third-order valence-electron chi connectivity index (χ3n) is 4.56. The highest BCUT2D eigenvalue weighted by molar-refractivity contribution is 5.84. The zero-order valence-corrected chi connectivity index (χ0v) is 16.9. The maximum absolute atomic E-state index is 9.38. The number of benzene rings is 1. The van der Waals surface area contributed by atoms with Crippen molar-refractivity contribution in [3.63, 3.8) is 0 Å². The molecule has 156 valence electrons. The number of aliphatic hydroxyl groups is 2. The van der Waals surface area contributed by atoms with Crippen molar-refractivity contribution in [3.8, 4) is 5.75 Å². The number of aliphatic hydroxyl groups excluding tert-OH is 2. The van der Waals surface area contributed by atoms with E-state index in [9.17, 15) is 10.2 Å². The number of rotatable bonds is 11. The molecule has 0 amide bonds. The first-order chi connectivity index (χ1) is 14.2. The van der Waals surface area contributed by atoms with E-state index in [2.05, 4.69) is 27.2 Å². The Morgan fingerprint density at radius 1 is 1.10 bits per heavy atom. The largest absolute Gasteiger partial charge is 0.497 e. The molecule has 3 N–H and O–H groups in total. The van der Waals surface area contributed by atoms with E-state index in [1.807, 2.05) is 28.8 Å². The Balaban J connectivity index is 1.94. The molecular formula is C20H28N6O3. The summed E-state index contributed by atoms with van der Waals surface area (Å²) in [7, 11) is 1.64. The second kappa shape index (κ2) is 10.0. The van der Waals surface area contributed by atoms with Crippen molar-refractivity contribution in [2.45, 2.75) is 26.4 Å². The second-order valence-corrected chi connectivity index (χ2v) is 6.62. The van der Waals surface area contributed by atoms with E-state index < -0.39 is 0 Å². The number of anilines is 2. The molecule has 0 unspecified atom stereocenters. The minimum absolute atomic E-state index is 0.0514. The summed E-state index contributed by atoms with van der Waals surface area (Å²) in [5.41, 5.74) is 2.51. The molecule has 0 aliphatic rings. The van der Waals surface area contributed by atoms with Crippen molar-refractivity contribution in [2.75, 3.05) is 43.6 Å². The SMILES string of the molecule is CCCn1cnc2c(NCc3ccc(OC)cc3)nc(N(CCO)CCO)nc21. The summed E-state index contributed by atoms with van der Waals surface area (Å²) in [6.45, 7) is 4.04. The molecule has 0 radical (unpaired) electrons. The number of ether oxygens (including phenoxy) is 1. The molecule has 2 aromatic heterocycles. The Morgan fingerprint density at radius 3 is 2.45 bits per heavy atom. The molecule has 0 saturated carbocycles. The van der Waals surface area contributed by atoms with Crippen LogP contribution in [-0.4, -0.2) is 63.1 Å². The molecule has 0 bridgehead atoms. The van der Waals surface area contributed by atoms with Gasteiger partial charge >= 0.3 is 0 Å². The van der Waals surface area contributed by atoms with Gasteiger partial charge in [0.2, 0.25) is 5.95 Å². The molecule has 2 heterocycles. The quantitative estimate of drug-likeness (QED) is 0.446. The van der Waals surface area contributed by atoms with Crippen LogP contribution in [0.2, 0.25) is 0 Å². The van der Waals surface area contributed by atoms with Gasteiger partial charge < -0.3 is 29.7 Å². The van der Waals surface area contributed by atoms with Crippen molar-refractivity contribution in [2.24, 2.45) is 0 Å². The highest BCUT2D eigenvalue weighted by Crippen LogP contribution is 2.24. The van der Waals surface area contributed by atoms with Crippen molar-refractivity contribution < 1.29 is 14.9 Å². The van der Waals surface area contributed by atoms with Crippen LogP contribution < -0.4 is 15.0 Å². The number of methoxy groups -OCH3 is 1. The van der Waals surface area contributed by atoms with E-state index in [4.69, 9.17) is 4.74 Å². The summed E-state index contributed by atoms with van der Waals surface area (Å²) >= 11 is 0. The molecule has 9 heteroatoms. The van der Waals surface area contributed by atoms with Crippen molar-refractivity contribution >= 4 is 22.9 Å². The molecule has 0 fully saturated rings. The first kappa shape index (κ1) is 20.8. The number of fused-ring (bicyclic) bond motifs is 1. The Bertz CT molecular complexity index is 906. The molecular weight excluding hydrogens is 372 g/mol. The van der Waals surface area contributed by atoms with Gasteiger partial charge in [0, 0.05) is 26.2 Å². The molecule has 0 aliphatic heterocycles. The Hall–Kier alpha value is -2.91. The van der Waals surface area contributed by atoms with Gasteiger partial charge in [-0.3, -0.25) is 0 Å². The fraction of sp³-hybridized carbons (Fsp3) is 0.450. The van der Waals surface area contributed by atoms with Crippen LogP contribution in [0.5, 0.6) is 5.75 Å². The summed E-state index contributed by atoms with van der Waals surface area (Å²) in [6.07, 6.45) is 2.73. The molecule has 29 heavy (non-hydrogen) atoms. The molecule has 3 aromatic rings. The summed E-state index contributed by atoms with van der Waals surface area (Å²) in [5, 5.41) is 22.1. The lowest BCUT2D eigenvalue weighted by Gasteiger charge is -2.21. The number of hydrogen-bond donors (Lipinski definition) is 3. The lowest BCUT2D eigenvalue weighted by atomic mass is 10.2. The maximum atomic E-state index is 9.38. The van der Waals surface area contributed by atoms with Gasteiger partial charge in [-0.15, -0.1) is 0 Å². The van der Waals surface area contributed by atoms with Gasteiger partial charge in [0.1, 0.15) is 5.75 Å². The van der Waals surface area contributed by atoms with Crippen LogP contribution in [0.25, 0.3) is 11.2 Å². The van der Waals surface area contributed by atoms with Crippen LogP contribution in [0.15, 0.2) is 30.6 Å². The fourth-order valence-electron chi connectivity index (χ4n) is 3.08. The van der Waals surface area contributed by atoms with Crippen molar-refractivity contribution in [1.29, 1.82) is 0 Å². The predicted molar refractivity (Wildman–Crippen MR) is 112 cm³/mol. The minimum Gasteiger partial charge on any atom is -0.497 e. The summed E-state index contributed by atoms with van der Waals surface area (Å²) in [4.78, 5) is 15.6. The van der Waals surface area contributed by atoms with Crippen LogP contribution in [-0.2, 0) is 13.1 Å². The monoisotopic (exact) mass is 400 g/mol. The van der Waals surface area contributed by atoms with Crippen LogP contribution in [0.3, 0.4) is 0 Å². The zero-order chi connectivity index (χ0) is 20.6. The number of aryl methyl sites for hydroxylation is 1. The topological polar surface area (TPSA) is 109 Å². The van der Waals surface area contributed by atoms with Gasteiger partial charge in [-0.25, -0.2) is 4.98 Å². The number of aromatic nitrogens is 4. The molecule has 1 aromatic carbocycles. The van der Waals surface area contributed by atoms with Gasteiger partial charge in [-0.2, -0.15) is 9.97 Å². The Kier molecular flexibility index (Phi) is 7.20. The van der Waals surface area contributed by atoms with Crippen LogP contribution >= 0.6 is 0 Å². The molecule has 3 rings (SSSR count). The molecule has 0 atom stereocenters. The molecule has 0 spiro atoms. The zero-order valence-electron chi connectivity index (χ0n) is 16.9. The van der Waals surface area contributed by atoms with Crippen LogP contribution in [0.4, 0.5) is 11.8 Å². The highest BCUT2D eigenvalue weighted by atomic mass is 16.5. The van der Waals surface area contributed by atoms with Gasteiger partial charge in [-0.05, 0) is 24.1 Å². The summed E-state index contributed by atoms with van der Waals surface area (Å²) in [6, 6.07) is 7.81. The van der Waals surface area contributed by atoms with Gasteiger partial charge in [0.05, 0.1) is 26.7 Å². The minimum atomic E-state index is -0.0514. The number of imidazole rings is 1. The third-order valence-corrected chi connectivity index (χ3v) is 4.56. The molecule has 9 nitrogen and oxygen atoms in total. The normalized spacial score (nSPS) is 11.0. The van der Waals surface area contributed by atoms with E-state index >= 15 is 0 Å². The summed E-state index contributed by atoms with van der Waals surface area (Å²) in [5.74, 6) is 1.88. The second-order valence-electron chi connectivity index (χ2n) is 6.62. The van der Waals surface area contributed by atoms with E-state index in [0.717, 1.165) is 29.9 Å². The maximum Gasteiger partial charge on any atom is 0.229 e. The third kappa shape index (κ3) is 4.93. The van der Waals surface area contributed by atoms with Crippen LogP contribution in [0, 0.1) is 0 Å². The first-order valence-corrected chi connectivity index (χ1v) is 9.76. The first-order valence-electron chi connectivity index (χ1n) is 9.76. The van der Waals surface area contributed by atoms with Gasteiger partial charge in [0.15, 0.2) is 17.0 Å². The predicted octanol–water partition coefficient (Wildman–Crippen LogP) is 1.65. The van der Waals surface area contributed by atoms with Gasteiger partial charge in [-0.1, -0.05) is 19.1 Å². The smallest absolute Gasteiger partial charge is 0.229 e. The molecule has 0 aliphatic carbocycles. The number of nitrogens with zero attached hydrogens (tertiary/aromatic N) is 5. The van der Waals surface area contributed by atoms with E-state index in [-0.39, 0.29) is 13.2 Å². The van der Waals surface area contributed by atoms with Crippen molar-refractivity contribution in [1.82, 2.24) is 19.5 Å². The number of nitrogens with one attached hydrogen (secondary N) is 1. The van der Waals surface area contributed by atoms with Gasteiger partial charge in [0.25, 0.3) is 0 Å². The standard InChI is InChI=1S/C20H28N6O3/c1-3-8-26-14-22-17-18(21-13-15-4-6-16(29-2)7-5-15)23-20(24-19(17)26)25(9-11-27)10-12-28/h4-7,14,27-28H,3,8-13H2,1-2H3,(H,21,23,24). The average Bonchev–Trinajstić information content (AvgIpc) is 3.15. The van der Waals surface area contributed by atoms with Crippen molar-refractivity contribution in [3.05, 3.63) is 36.2 Å². The molecule has 0 saturated heterocycles. The Morgan fingerprint density at radius 2 is 1.83 bits per heavy atom. The van der Waals surface area contributed by atoms with E-state index in [0.29, 0.717) is 36.9 Å². The average molecular weight is 400 g/mol. The highest BCUT2D eigenvalue weighted by Gasteiger charge is 2.17. The fourth-order valence-corrected chi connectivity index (χ4v) is 3.08. The van der Waals surface area contributed by atoms with Crippen LogP contribution in [0.1, 0.15) is 18.9 Å².